The summed E-state index contributed by atoms with van der Waals surface area (Å²) in [4.78, 5) is 7.13. The fraction of sp³-hybridized carbons (Fsp3) is 0.500. The fourth-order valence-corrected chi connectivity index (χ4v) is 9.19. The van der Waals surface area contributed by atoms with E-state index in [9.17, 15) is 10.5 Å². The van der Waals surface area contributed by atoms with Gasteiger partial charge >= 0.3 is 5.82 Å². The van der Waals surface area contributed by atoms with E-state index in [0.717, 1.165) is 77.5 Å². The monoisotopic (exact) mass is 646 g/mol. The molecule has 0 aliphatic carbocycles. The smallest absolute Gasteiger partial charge is 0.192 e. The molecule has 2 heterocycles. The number of hydrogen-bond acceptors (Lipinski definition) is 4. The zero-order chi connectivity index (χ0) is 33.1. The Bertz CT molecular complexity index is 1790. The number of fused-ring (bicyclic) bond motifs is 5. The Kier molecular flexibility index (Phi) is 13.2. The van der Waals surface area contributed by atoms with Crippen LogP contribution < -0.4 is 9.06 Å². The van der Waals surface area contributed by atoms with E-state index in [1.807, 2.05) is 0 Å². The molecular formula is C40H46N4S2. The molecule has 238 valence electrons. The normalized spacial score (nSPS) is 12.4. The molecule has 0 aliphatic rings. The van der Waals surface area contributed by atoms with Crippen LogP contribution in [0, 0.1) is 47.6 Å². The summed E-state index contributed by atoms with van der Waals surface area (Å²) in [5.74, 6) is 1.61. The topological polar surface area (TPSA) is 56.3 Å². The number of rotatable bonds is 16. The van der Waals surface area contributed by atoms with Crippen molar-refractivity contribution < 1.29 is 0 Å². The molecule has 0 radical (unpaired) electrons. The molecular weight excluding hydrogens is 601 g/mol. The summed E-state index contributed by atoms with van der Waals surface area (Å²) in [7, 11) is 0. The molecule has 0 fully saturated rings. The fourth-order valence-electron chi connectivity index (χ4n) is 6.87. The Labute approximate surface area is 283 Å². The highest BCUT2D eigenvalue weighted by Crippen LogP contribution is 2.40. The molecule has 6 heteroatoms. The van der Waals surface area contributed by atoms with E-state index >= 15 is 0 Å². The second kappa shape index (κ2) is 17.3. The first-order valence-corrected chi connectivity index (χ1v) is 18.8. The van der Waals surface area contributed by atoms with Crippen molar-refractivity contribution in [3.63, 3.8) is 0 Å². The highest BCUT2D eigenvalue weighted by atomic mass is 32.1. The van der Waals surface area contributed by atoms with E-state index in [0.29, 0.717) is 0 Å². The van der Waals surface area contributed by atoms with Gasteiger partial charge in [0.15, 0.2) is 0 Å². The van der Waals surface area contributed by atoms with Crippen LogP contribution in [0.15, 0.2) is 24.3 Å². The van der Waals surface area contributed by atoms with Gasteiger partial charge in [-0.25, -0.2) is 0 Å². The average molecular weight is 647 g/mol. The van der Waals surface area contributed by atoms with Crippen molar-refractivity contribution in [1.29, 1.82) is 10.5 Å². The van der Waals surface area contributed by atoms with E-state index in [1.165, 1.54) is 75.3 Å². The van der Waals surface area contributed by atoms with Crippen molar-refractivity contribution in [2.45, 2.75) is 118 Å². The number of thiophene rings is 2. The lowest BCUT2D eigenvalue weighted by Crippen LogP contribution is -2.01. The van der Waals surface area contributed by atoms with Crippen LogP contribution in [0.1, 0.15) is 116 Å². The molecule has 0 saturated heterocycles. The molecule has 4 nitrogen and oxygen atoms in total. The molecule has 4 rings (SSSR count). The predicted octanol–water partition coefficient (Wildman–Crippen LogP) is 11.4. The third-order valence-electron chi connectivity index (χ3n) is 9.68. The lowest BCUT2D eigenvalue weighted by molar-refractivity contribution is 0.410. The first-order chi connectivity index (χ1) is 22.5. The summed E-state index contributed by atoms with van der Waals surface area (Å²) in [6.07, 6.45) is 16.5. The molecule has 0 saturated carbocycles. The van der Waals surface area contributed by atoms with Gasteiger partial charge in [-0.15, -0.1) is 22.7 Å². The predicted molar refractivity (Wildman–Crippen MR) is 198 cm³/mol. The van der Waals surface area contributed by atoms with Crippen LogP contribution in [0.25, 0.3) is 52.0 Å². The van der Waals surface area contributed by atoms with Gasteiger partial charge in [0.2, 0.25) is 0 Å². The Morgan fingerprint density at radius 3 is 1.50 bits per heavy atom. The summed E-state index contributed by atoms with van der Waals surface area (Å²) in [5.41, 5.74) is 2.69. The molecule has 0 spiro atoms. The summed E-state index contributed by atoms with van der Waals surface area (Å²) in [6.45, 7) is 24.4. The summed E-state index contributed by atoms with van der Waals surface area (Å²) < 4.78 is 3.75. The number of benzene rings is 2. The highest BCUT2D eigenvalue weighted by molar-refractivity contribution is 7.19. The lowest BCUT2D eigenvalue weighted by atomic mass is 9.90. The third-order valence-corrected chi connectivity index (χ3v) is 12.0. The van der Waals surface area contributed by atoms with Gasteiger partial charge in [-0.1, -0.05) is 91.9 Å². The van der Waals surface area contributed by atoms with Crippen molar-refractivity contribution in [3.05, 3.63) is 67.3 Å². The van der Waals surface area contributed by atoms with Gasteiger partial charge in [-0.3, -0.25) is 0 Å². The maximum atomic E-state index is 9.74. The third kappa shape index (κ3) is 7.99. The van der Waals surface area contributed by atoms with E-state index in [4.69, 9.17) is 13.1 Å². The van der Waals surface area contributed by atoms with Crippen molar-refractivity contribution in [3.8, 4) is 12.1 Å². The summed E-state index contributed by atoms with van der Waals surface area (Å²) in [6, 6.07) is 13.0. The van der Waals surface area contributed by atoms with E-state index in [2.05, 4.69) is 73.8 Å². The second-order valence-electron chi connectivity index (χ2n) is 12.6. The molecule has 2 unspecified atom stereocenters. The van der Waals surface area contributed by atoms with Crippen molar-refractivity contribution in [1.82, 2.24) is 0 Å². The largest absolute Gasteiger partial charge is 0.536 e. The minimum absolute atomic E-state index is 0.130. The van der Waals surface area contributed by atoms with E-state index < -0.39 is 0 Å². The maximum Gasteiger partial charge on any atom is 0.536 e. The summed E-state index contributed by atoms with van der Waals surface area (Å²) >= 11 is 3.12. The summed E-state index contributed by atoms with van der Waals surface area (Å²) in [5, 5.41) is 24.1. The minimum Gasteiger partial charge on any atom is -0.192 e. The lowest BCUT2D eigenvalue weighted by Gasteiger charge is -2.16. The van der Waals surface area contributed by atoms with Gasteiger partial charge in [-0.2, -0.15) is 20.2 Å². The Morgan fingerprint density at radius 2 is 1.09 bits per heavy atom. The van der Waals surface area contributed by atoms with Crippen LogP contribution in [0.2, 0.25) is 0 Å². The highest BCUT2D eigenvalue weighted by Gasteiger charge is 2.19. The molecule has 0 bridgehead atoms. The van der Waals surface area contributed by atoms with Gasteiger partial charge < -0.3 is 0 Å². The Balaban J connectivity index is 1.91. The van der Waals surface area contributed by atoms with Crippen molar-refractivity contribution >= 4 is 65.0 Å². The second-order valence-corrected chi connectivity index (χ2v) is 14.7. The number of nitrogens with zero attached hydrogens (tertiary/aromatic N) is 4. The Hall–Kier alpha value is -3.68. The van der Waals surface area contributed by atoms with E-state index in [-0.39, 0.29) is 11.4 Å². The van der Waals surface area contributed by atoms with Crippen molar-refractivity contribution in [2.24, 2.45) is 11.8 Å². The van der Waals surface area contributed by atoms with E-state index in [1.54, 1.807) is 22.7 Å². The molecule has 0 amide bonds. The van der Waals surface area contributed by atoms with Gasteiger partial charge in [0.25, 0.3) is 0 Å². The molecule has 0 N–H and O–H groups in total. The molecule has 2 aromatic heterocycles. The van der Waals surface area contributed by atoms with Crippen LogP contribution in [0.5, 0.6) is 0 Å². The van der Waals surface area contributed by atoms with Crippen LogP contribution in [-0.4, -0.2) is 0 Å². The average Bonchev–Trinajstić information content (AvgIpc) is 3.72. The maximum absolute atomic E-state index is 9.74. The minimum atomic E-state index is 0.130. The number of hydrogen-bond donors (Lipinski definition) is 0. The zero-order valence-corrected chi connectivity index (χ0v) is 29.6. The molecule has 0 aliphatic heterocycles. The van der Waals surface area contributed by atoms with Gasteiger partial charge in [0, 0.05) is 20.2 Å². The number of unbranched alkanes of at least 4 members (excludes halogenated alkanes) is 2. The van der Waals surface area contributed by atoms with Crippen molar-refractivity contribution in [2.75, 3.05) is 0 Å². The first-order valence-electron chi connectivity index (χ1n) is 17.2. The first kappa shape index (κ1) is 35.2. The molecule has 2 aromatic carbocycles. The molecule has 2 atom stereocenters. The van der Waals surface area contributed by atoms with Gasteiger partial charge in [-0.05, 0) is 83.7 Å². The zero-order valence-electron chi connectivity index (χ0n) is 28.0. The van der Waals surface area contributed by atoms with Gasteiger partial charge in [0.05, 0.1) is 4.53 Å². The molecule has 4 aromatic rings. The SMILES string of the molecule is [C-]#[N+]C([N+]#[C-])=c1cc2c(CCCC(CC)CCCC)cc3c(cc(CCCC(CC)CCCC)c4cc(=C(C#N)C#N)sc43)c2s1. The Morgan fingerprint density at radius 1 is 0.652 bits per heavy atom. The van der Waals surface area contributed by atoms with Crippen LogP contribution in [-0.2, 0) is 12.8 Å². The number of aryl methyl sites for hydroxylation is 2. The van der Waals surface area contributed by atoms with Gasteiger partial charge in [0.1, 0.15) is 35.4 Å². The molecule has 46 heavy (non-hydrogen) atoms. The standard InChI is InChI=1S/C40H46N4S2/c1-7-11-15-27(9-3)17-13-19-29-21-35-34(38-32(29)23-36(45-38)31(25-41)26-42)22-30(20-14-18-28(10-4)16-12-8-2)33-24-37(46-39(33)35)40(43-5)44-6/h21-24,27-28H,7-20H2,1-4H3. The quantitative estimate of drug-likeness (QED) is 0.114. The van der Waals surface area contributed by atoms with Crippen LogP contribution >= 0.6 is 22.7 Å². The van der Waals surface area contributed by atoms with Crippen LogP contribution in [0.3, 0.4) is 0 Å². The number of nitriles is 2. The van der Waals surface area contributed by atoms with Crippen LogP contribution in [0.4, 0.5) is 0 Å².